The van der Waals surface area contributed by atoms with Crippen LogP contribution in [-0.2, 0) is 10.0 Å². The first kappa shape index (κ1) is 16.7. The van der Waals surface area contributed by atoms with Gasteiger partial charge in [-0.05, 0) is 43.9 Å². The van der Waals surface area contributed by atoms with E-state index in [1.165, 1.54) is 6.07 Å². The van der Waals surface area contributed by atoms with Crippen molar-refractivity contribution in [3.8, 4) is 0 Å². The van der Waals surface area contributed by atoms with Crippen molar-refractivity contribution in [2.75, 3.05) is 11.0 Å². The highest BCUT2D eigenvalue weighted by atomic mass is 32.2. The van der Waals surface area contributed by atoms with Crippen molar-refractivity contribution in [3.05, 3.63) is 29.6 Å². The molecule has 1 amide bonds. The molecule has 4 N–H and O–H groups in total. The predicted octanol–water partition coefficient (Wildman–Crippen LogP) is 1.20. The third kappa shape index (κ3) is 4.67. The number of anilines is 1. The molecule has 1 aromatic carbocycles. The molecule has 2 rings (SSSR count). The summed E-state index contributed by atoms with van der Waals surface area (Å²) in [5.74, 6) is -1.10. The van der Waals surface area contributed by atoms with E-state index in [0.29, 0.717) is 0 Å². The molecule has 1 aliphatic carbocycles. The molecule has 122 valence electrons. The first-order chi connectivity index (χ1) is 10.2. The molecule has 0 aliphatic heterocycles. The van der Waals surface area contributed by atoms with Gasteiger partial charge < -0.3 is 11.1 Å². The van der Waals surface area contributed by atoms with Crippen molar-refractivity contribution in [3.63, 3.8) is 0 Å². The molecular weight excluding hydrogens is 309 g/mol. The second-order valence-electron chi connectivity index (χ2n) is 5.65. The van der Waals surface area contributed by atoms with Crippen molar-refractivity contribution in [1.82, 2.24) is 5.32 Å². The van der Waals surface area contributed by atoms with Gasteiger partial charge in [0.15, 0.2) is 0 Å². The quantitative estimate of drug-likeness (QED) is 0.772. The van der Waals surface area contributed by atoms with Gasteiger partial charge >= 0.3 is 0 Å². The molecule has 0 saturated heterocycles. The lowest BCUT2D eigenvalue weighted by Gasteiger charge is -2.27. The molecule has 0 unspecified atom stereocenters. The standard InChI is InChI=1S/C14H20FN3O3S/c1-22(20,21)18-13-7-2-9(15)8-12(13)14(19)17-11-5-3-10(16)4-6-11/h2,7-8,10-11,18H,3-6,16H2,1H3,(H,17,19). The topological polar surface area (TPSA) is 101 Å². The summed E-state index contributed by atoms with van der Waals surface area (Å²) >= 11 is 0. The van der Waals surface area contributed by atoms with Crippen LogP contribution in [0.2, 0.25) is 0 Å². The summed E-state index contributed by atoms with van der Waals surface area (Å²) in [7, 11) is -3.56. The summed E-state index contributed by atoms with van der Waals surface area (Å²) in [6.07, 6.45) is 4.14. The lowest BCUT2D eigenvalue weighted by molar-refractivity contribution is 0.0926. The normalized spacial score (nSPS) is 22.1. The number of halogens is 1. The molecule has 22 heavy (non-hydrogen) atoms. The minimum atomic E-state index is -3.56. The largest absolute Gasteiger partial charge is 0.349 e. The summed E-state index contributed by atoms with van der Waals surface area (Å²) < 4.78 is 38.3. The number of carbonyl (C=O) groups is 1. The summed E-state index contributed by atoms with van der Waals surface area (Å²) in [6, 6.07) is 3.50. The molecule has 1 saturated carbocycles. The van der Waals surface area contributed by atoms with Crippen LogP contribution in [0.25, 0.3) is 0 Å². The van der Waals surface area contributed by atoms with Crippen LogP contribution in [0.4, 0.5) is 10.1 Å². The van der Waals surface area contributed by atoms with Gasteiger partial charge in [0.05, 0.1) is 17.5 Å². The van der Waals surface area contributed by atoms with Crippen molar-refractivity contribution in [2.24, 2.45) is 5.73 Å². The number of benzene rings is 1. The van der Waals surface area contributed by atoms with Crippen LogP contribution < -0.4 is 15.8 Å². The molecule has 1 fully saturated rings. The highest BCUT2D eigenvalue weighted by Crippen LogP contribution is 2.21. The molecule has 6 nitrogen and oxygen atoms in total. The molecule has 0 bridgehead atoms. The number of rotatable bonds is 4. The van der Waals surface area contributed by atoms with Gasteiger partial charge in [-0.25, -0.2) is 12.8 Å². The van der Waals surface area contributed by atoms with E-state index in [2.05, 4.69) is 10.0 Å². The van der Waals surface area contributed by atoms with Gasteiger partial charge in [0, 0.05) is 12.1 Å². The average molecular weight is 329 g/mol. The fraction of sp³-hybridized carbons (Fsp3) is 0.500. The van der Waals surface area contributed by atoms with Crippen LogP contribution in [0.5, 0.6) is 0 Å². The van der Waals surface area contributed by atoms with Gasteiger partial charge in [0.2, 0.25) is 10.0 Å². The van der Waals surface area contributed by atoms with Crippen LogP contribution in [-0.4, -0.2) is 32.7 Å². The van der Waals surface area contributed by atoms with Crippen LogP contribution in [0, 0.1) is 5.82 Å². The Bertz CT molecular complexity index is 655. The van der Waals surface area contributed by atoms with E-state index in [0.717, 1.165) is 44.1 Å². The molecular formula is C14H20FN3O3S. The first-order valence-electron chi connectivity index (χ1n) is 7.08. The number of sulfonamides is 1. The molecule has 0 radical (unpaired) electrons. The second-order valence-corrected chi connectivity index (χ2v) is 7.40. The number of carbonyl (C=O) groups excluding carboxylic acids is 1. The van der Waals surface area contributed by atoms with Gasteiger partial charge in [-0.2, -0.15) is 0 Å². The number of hydrogen-bond donors (Lipinski definition) is 3. The summed E-state index contributed by atoms with van der Waals surface area (Å²) in [6.45, 7) is 0. The van der Waals surface area contributed by atoms with Crippen molar-refractivity contribution < 1.29 is 17.6 Å². The van der Waals surface area contributed by atoms with E-state index >= 15 is 0 Å². The maximum Gasteiger partial charge on any atom is 0.253 e. The maximum atomic E-state index is 13.4. The third-order valence-corrected chi connectivity index (χ3v) is 4.22. The van der Waals surface area contributed by atoms with Crippen molar-refractivity contribution in [1.29, 1.82) is 0 Å². The van der Waals surface area contributed by atoms with Crippen LogP contribution >= 0.6 is 0 Å². The van der Waals surface area contributed by atoms with Crippen LogP contribution in [0.3, 0.4) is 0 Å². The van der Waals surface area contributed by atoms with Crippen LogP contribution in [0.15, 0.2) is 18.2 Å². The van der Waals surface area contributed by atoms with Crippen molar-refractivity contribution >= 4 is 21.6 Å². The number of hydrogen-bond acceptors (Lipinski definition) is 4. The monoisotopic (exact) mass is 329 g/mol. The Labute approximate surface area is 129 Å². The minimum Gasteiger partial charge on any atom is -0.349 e. The predicted molar refractivity (Wildman–Crippen MR) is 82.6 cm³/mol. The number of nitrogens with two attached hydrogens (primary N) is 1. The zero-order valence-electron chi connectivity index (χ0n) is 12.3. The second kappa shape index (κ2) is 6.62. The Balaban J connectivity index is 2.16. The highest BCUT2D eigenvalue weighted by molar-refractivity contribution is 7.92. The Kier molecular flexibility index (Phi) is 5.02. The van der Waals surface area contributed by atoms with Crippen LogP contribution in [0.1, 0.15) is 36.0 Å². The summed E-state index contributed by atoms with van der Waals surface area (Å²) in [4.78, 5) is 12.3. The van der Waals surface area contributed by atoms with Gasteiger partial charge in [0.25, 0.3) is 5.91 Å². The number of nitrogens with one attached hydrogen (secondary N) is 2. The van der Waals surface area contributed by atoms with E-state index < -0.39 is 21.7 Å². The van der Waals surface area contributed by atoms with E-state index in [1.54, 1.807) is 0 Å². The molecule has 0 aromatic heterocycles. The lowest BCUT2D eigenvalue weighted by Crippen LogP contribution is -2.40. The maximum absolute atomic E-state index is 13.4. The Hall–Kier alpha value is -1.67. The van der Waals surface area contributed by atoms with Gasteiger partial charge in [-0.15, -0.1) is 0 Å². The fourth-order valence-corrected chi connectivity index (χ4v) is 3.10. The number of amides is 1. The molecule has 0 atom stereocenters. The van der Waals surface area contributed by atoms with Crippen molar-refractivity contribution in [2.45, 2.75) is 37.8 Å². The summed E-state index contributed by atoms with van der Waals surface area (Å²) in [5, 5.41) is 2.81. The Morgan fingerprint density at radius 3 is 2.50 bits per heavy atom. The Morgan fingerprint density at radius 2 is 1.91 bits per heavy atom. The smallest absolute Gasteiger partial charge is 0.253 e. The molecule has 0 spiro atoms. The van der Waals surface area contributed by atoms with Gasteiger partial charge in [-0.3, -0.25) is 9.52 Å². The molecule has 8 heteroatoms. The Morgan fingerprint density at radius 1 is 1.27 bits per heavy atom. The highest BCUT2D eigenvalue weighted by Gasteiger charge is 2.22. The fourth-order valence-electron chi connectivity index (χ4n) is 2.52. The van der Waals surface area contributed by atoms with E-state index in [-0.39, 0.29) is 23.3 Å². The zero-order chi connectivity index (χ0) is 16.3. The molecule has 0 heterocycles. The molecule has 1 aliphatic rings. The zero-order valence-corrected chi connectivity index (χ0v) is 13.1. The minimum absolute atomic E-state index is 0.0262. The van der Waals surface area contributed by atoms with E-state index in [1.807, 2.05) is 0 Å². The summed E-state index contributed by atoms with van der Waals surface area (Å²) in [5.41, 5.74) is 5.85. The lowest BCUT2D eigenvalue weighted by atomic mass is 9.91. The molecule has 1 aromatic rings. The SMILES string of the molecule is CS(=O)(=O)Nc1ccc(F)cc1C(=O)NC1CCC(N)CC1. The first-order valence-corrected chi connectivity index (χ1v) is 8.97. The van der Waals surface area contributed by atoms with Gasteiger partial charge in [0.1, 0.15) is 5.82 Å². The third-order valence-electron chi connectivity index (χ3n) is 3.63. The van der Waals surface area contributed by atoms with Gasteiger partial charge in [-0.1, -0.05) is 0 Å². The van der Waals surface area contributed by atoms with E-state index in [4.69, 9.17) is 5.73 Å². The average Bonchev–Trinajstić information content (AvgIpc) is 2.42. The van der Waals surface area contributed by atoms with E-state index in [9.17, 15) is 17.6 Å².